The van der Waals surface area contributed by atoms with E-state index in [1.54, 1.807) is 6.07 Å². The first-order valence-corrected chi connectivity index (χ1v) is 7.09. The van der Waals surface area contributed by atoms with Gasteiger partial charge >= 0.3 is 0 Å². The number of aromatic nitrogens is 3. The highest BCUT2D eigenvalue weighted by Crippen LogP contribution is 2.39. The molecule has 5 nitrogen and oxygen atoms in total. The fraction of sp³-hybridized carbons (Fsp3) is 0.500. The third-order valence-electron chi connectivity index (χ3n) is 3.61. The zero-order valence-electron chi connectivity index (χ0n) is 11.9. The first-order valence-electron chi connectivity index (χ1n) is 6.72. The standard InChI is InChI=1S/C14H17ClN4O/c1-8-11(9(2)20-18-8)7-19(3)13-6-12(15)16-14(17-13)10-4-5-10/h6,10H,4-5,7H2,1-3H3. The SMILES string of the molecule is Cc1noc(C)c1CN(C)c1cc(Cl)nc(C2CC2)n1. The predicted octanol–water partition coefficient (Wildman–Crippen LogP) is 3.25. The number of aryl methyl sites for hydroxylation is 2. The average Bonchev–Trinajstić information content (AvgIpc) is 3.21. The monoisotopic (exact) mass is 292 g/mol. The Kier molecular flexibility index (Phi) is 3.38. The first kappa shape index (κ1) is 13.4. The summed E-state index contributed by atoms with van der Waals surface area (Å²) in [5.41, 5.74) is 2.01. The molecule has 1 aliphatic rings. The molecule has 0 atom stereocenters. The Bertz CT molecular complexity index is 617. The molecule has 0 bridgehead atoms. The van der Waals surface area contributed by atoms with Crippen LogP contribution in [0.3, 0.4) is 0 Å². The van der Waals surface area contributed by atoms with Crippen LogP contribution in [0.2, 0.25) is 5.15 Å². The van der Waals surface area contributed by atoms with Crippen LogP contribution in [0.4, 0.5) is 5.82 Å². The molecule has 0 unspecified atom stereocenters. The fourth-order valence-electron chi connectivity index (χ4n) is 2.19. The van der Waals surface area contributed by atoms with Crippen molar-refractivity contribution in [2.45, 2.75) is 39.2 Å². The minimum Gasteiger partial charge on any atom is -0.361 e. The van der Waals surface area contributed by atoms with Crippen LogP contribution in [-0.4, -0.2) is 22.2 Å². The first-order chi connectivity index (χ1) is 9.54. The van der Waals surface area contributed by atoms with E-state index in [0.29, 0.717) is 17.6 Å². The van der Waals surface area contributed by atoms with Gasteiger partial charge in [-0.1, -0.05) is 16.8 Å². The predicted molar refractivity (Wildman–Crippen MR) is 77.1 cm³/mol. The van der Waals surface area contributed by atoms with Crippen molar-refractivity contribution in [3.8, 4) is 0 Å². The number of nitrogens with zero attached hydrogens (tertiary/aromatic N) is 4. The van der Waals surface area contributed by atoms with E-state index in [1.165, 1.54) is 0 Å². The Hall–Kier alpha value is -1.62. The van der Waals surface area contributed by atoms with Crippen LogP contribution in [0, 0.1) is 13.8 Å². The summed E-state index contributed by atoms with van der Waals surface area (Å²) in [4.78, 5) is 11.0. The van der Waals surface area contributed by atoms with Gasteiger partial charge in [-0.25, -0.2) is 9.97 Å². The number of hydrogen-bond donors (Lipinski definition) is 0. The molecule has 0 spiro atoms. The number of hydrogen-bond acceptors (Lipinski definition) is 5. The van der Waals surface area contributed by atoms with E-state index in [0.717, 1.165) is 41.5 Å². The van der Waals surface area contributed by atoms with Crippen LogP contribution in [-0.2, 0) is 6.54 Å². The molecule has 0 amide bonds. The molecule has 0 N–H and O–H groups in total. The van der Waals surface area contributed by atoms with Crippen molar-refractivity contribution in [2.24, 2.45) is 0 Å². The lowest BCUT2D eigenvalue weighted by molar-refractivity contribution is 0.392. The minimum absolute atomic E-state index is 0.486. The maximum absolute atomic E-state index is 6.10. The minimum atomic E-state index is 0.486. The van der Waals surface area contributed by atoms with Gasteiger partial charge in [-0.05, 0) is 26.7 Å². The van der Waals surface area contributed by atoms with Gasteiger partial charge in [0, 0.05) is 31.1 Å². The van der Waals surface area contributed by atoms with Gasteiger partial charge in [0.05, 0.1) is 5.69 Å². The van der Waals surface area contributed by atoms with E-state index in [9.17, 15) is 0 Å². The topological polar surface area (TPSA) is 55.1 Å². The van der Waals surface area contributed by atoms with Crippen molar-refractivity contribution in [1.29, 1.82) is 0 Å². The third-order valence-corrected chi connectivity index (χ3v) is 3.80. The summed E-state index contributed by atoms with van der Waals surface area (Å²) in [6.45, 7) is 4.56. The fourth-order valence-corrected chi connectivity index (χ4v) is 2.37. The summed E-state index contributed by atoms with van der Waals surface area (Å²) < 4.78 is 5.19. The van der Waals surface area contributed by atoms with Crippen LogP contribution >= 0.6 is 11.6 Å². The molecule has 0 saturated heterocycles. The van der Waals surface area contributed by atoms with Crippen molar-refractivity contribution < 1.29 is 4.52 Å². The maximum Gasteiger partial charge on any atom is 0.138 e. The molecule has 2 heterocycles. The lowest BCUT2D eigenvalue weighted by Crippen LogP contribution is -2.19. The Morgan fingerprint density at radius 1 is 1.35 bits per heavy atom. The summed E-state index contributed by atoms with van der Waals surface area (Å²) in [6.07, 6.45) is 2.32. The van der Waals surface area contributed by atoms with Crippen LogP contribution in [0.5, 0.6) is 0 Å². The summed E-state index contributed by atoms with van der Waals surface area (Å²) in [7, 11) is 1.99. The molecule has 3 rings (SSSR count). The van der Waals surface area contributed by atoms with Crippen molar-refractivity contribution in [2.75, 3.05) is 11.9 Å². The Balaban J connectivity index is 1.85. The van der Waals surface area contributed by atoms with Gasteiger partial charge in [-0.2, -0.15) is 0 Å². The van der Waals surface area contributed by atoms with Gasteiger partial charge in [0.1, 0.15) is 22.6 Å². The molecular formula is C14H17ClN4O. The lowest BCUT2D eigenvalue weighted by Gasteiger charge is -2.18. The normalized spacial score (nSPS) is 14.6. The maximum atomic E-state index is 6.10. The Labute approximate surface area is 123 Å². The largest absolute Gasteiger partial charge is 0.361 e. The molecule has 1 saturated carbocycles. The van der Waals surface area contributed by atoms with E-state index >= 15 is 0 Å². The van der Waals surface area contributed by atoms with Gasteiger partial charge in [0.15, 0.2) is 0 Å². The van der Waals surface area contributed by atoms with Gasteiger partial charge in [-0.15, -0.1) is 0 Å². The van der Waals surface area contributed by atoms with Crippen molar-refractivity contribution >= 4 is 17.4 Å². The van der Waals surface area contributed by atoms with Crippen LogP contribution in [0.15, 0.2) is 10.6 Å². The summed E-state index contributed by atoms with van der Waals surface area (Å²) >= 11 is 6.10. The number of halogens is 1. The van der Waals surface area contributed by atoms with Crippen LogP contribution < -0.4 is 4.90 Å². The molecule has 1 fully saturated rings. The van der Waals surface area contributed by atoms with E-state index in [2.05, 4.69) is 15.1 Å². The van der Waals surface area contributed by atoms with Gasteiger partial charge < -0.3 is 9.42 Å². The highest BCUT2D eigenvalue weighted by atomic mass is 35.5. The highest BCUT2D eigenvalue weighted by molar-refractivity contribution is 6.29. The Morgan fingerprint density at radius 2 is 2.10 bits per heavy atom. The second-order valence-corrected chi connectivity index (χ2v) is 5.73. The zero-order valence-corrected chi connectivity index (χ0v) is 12.6. The quantitative estimate of drug-likeness (QED) is 0.810. The molecular weight excluding hydrogens is 276 g/mol. The molecule has 1 aliphatic carbocycles. The number of rotatable bonds is 4. The highest BCUT2D eigenvalue weighted by Gasteiger charge is 2.27. The van der Waals surface area contributed by atoms with Gasteiger partial charge in [0.25, 0.3) is 0 Å². The molecule has 106 valence electrons. The average molecular weight is 293 g/mol. The van der Waals surface area contributed by atoms with Crippen LogP contribution in [0.1, 0.15) is 41.6 Å². The van der Waals surface area contributed by atoms with Crippen molar-refractivity contribution in [1.82, 2.24) is 15.1 Å². The molecule has 0 radical (unpaired) electrons. The van der Waals surface area contributed by atoms with Gasteiger partial charge in [0.2, 0.25) is 0 Å². The summed E-state index contributed by atoms with van der Waals surface area (Å²) in [5.74, 6) is 3.03. The van der Waals surface area contributed by atoms with Crippen molar-refractivity contribution in [3.05, 3.63) is 34.1 Å². The lowest BCUT2D eigenvalue weighted by atomic mass is 10.2. The second kappa shape index (κ2) is 5.05. The molecule has 0 aromatic carbocycles. The summed E-state index contributed by atoms with van der Waals surface area (Å²) in [6, 6.07) is 1.80. The smallest absolute Gasteiger partial charge is 0.138 e. The summed E-state index contributed by atoms with van der Waals surface area (Å²) in [5, 5.41) is 4.48. The van der Waals surface area contributed by atoms with Crippen molar-refractivity contribution in [3.63, 3.8) is 0 Å². The molecule has 2 aromatic heterocycles. The molecule has 2 aromatic rings. The molecule has 0 aliphatic heterocycles. The van der Waals surface area contributed by atoms with Gasteiger partial charge in [-0.3, -0.25) is 0 Å². The molecule has 20 heavy (non-hydrogen) atoms. The Morgan fingerprint density at radius 3 is 2.70 bits per heavy atom. The zero-order chi connectivity index (χ0) is 14.3. The molecule has 6 heteroatoms. The second-order valence-electron chi connectivity index (χ2n) is 5.34. The van der Waals surface area contributed by atoms with E-state index in [4.69, 9.17) is 16.1 Å². The van der Waals surface area contributed by atoms with E-state index in [-0.39, 0.29) is 0 Å². The number of anilines is 1. The van der Waals surface area contributed by atoms with E-state index < -0.39 is 0 Å². The van der Waals surface area contributed by atoms with Crippen LogP contribution in [0.25, 0.3) is 0 Å². The third kappa shape index (κ3) is 2.63. The van der Waals surface area contributed by atoms with E-state index in [1.807, 2.05) is 25.8 Å².